The molecule has 1 aliphatic rings. The topological polar surface area (TPSA) is 76.3 Å². The predicted octanol–water partition coefficient (Wildman–Crippen LogP) is 2.10. The van der Waals surface area contributed by atoms with Crippen molar-refractivity contribution in [3.8, 4) is 0 Å². The standard InChI is InChI=1S/C13H12FN3O2S2/c14-10-2-1-5-16-13(10)21(18,19)17-6-7-20-12-4-3-9(15)8-11(12)17/h1-5,8H,6-7,15H2. The number of halogens is 1. The van der Waals surface area contributed by atoms with E-state index in [1.807, 2.05) is 0 Å². The summed E-state index contributed by atoms with van der Waals surface area (Å²) in [5.41, 5.74) is 6.66. The molecule has 21 heavy (non-hydrogen) atoms. The Morgan fingerprint density at radius 1 is 1.33 bits per heavy atom. The molecule has 0 fully saturated rings. The van der Waals surface area contributed by atoms with Crippen LogP contribution in [0.5, 0.6) is 0 Å². The highest BCUT2D eigenvalue weighted by Crippen LogP contribution is 2.38. The number of sulfonamides is 1. The van der Waals surface area contributed by atoms with E-state index in [0.29, 0.717) is 17.1 Å². The molecule has 3 rings (SSSR count). The van der Waals surface area contributed by atoms with Gasteiger partial charge in [0, 0.05) is 29.1 Å². The molecule has 0 atom stereocenters. The lowest BCUT2D eigenvalue weighted by Crippen LogP contribution is -2.36. The molecule has 0 bridgehead atoms. The van der Waals surface area contributed by atoms with Gasteiger partial charge in [0.2, 0.25) is 5.03 Å². The molecule has 0 spiro atoms. The van der Waals surface area contributed by atoms with Crippen LogP contribution in [0.25, 0.3) is 0 Å². The van der Waals surface area contributed by atoms with Crippen LogP contribution in [0.3, 0.4) is 0 Å². The first-order valence-electron chi connectivity index (χ1n) is 6.16. The van der Waals surface area contributed by atoms with Gasteiger partial charge in [0.05, 0.1) is 5.69 Å². The minimum atomic E-state index is -4.04. The van der Waals surface area contributed by atoms with Crippen molar-refractivity contribution in [2.75, 3.05) is 22.3 Å². The molecule has 5 nitrogen and oxygen atoms in total. The quantitative estimate of drug-likeness (QED) is 0.856. The van der Waals surface area contributed by atoms with E-state index in [-0.39, 0.29) is 6.54 Å². The number of nitrogens with two attached hydrogens (primary N) is 1. The van der Waals surface area contributed by atoms with E-state index in [2.05, 4.69) is 4.98 Å². The zero-order chi connectivity index (χ0) is 15.0. The summed E-state index contributed by atoms with van der Waals surface area (Å²) in [6.45, 7) is 0.249. The van der Waals surface area contributed by atoms with Crippen LogP contribution in [-0.2, 0) is 10.0 Å². The van der Waals surface area contributed by atoms with Gasteiger partial charge in [0.1, 0.15) is 0 Å². The molecular weight excluding hydrogens is 313 g/mol. The molecule has 110 valence electrons. The Morgan fingerprint density at radius 2 is 2.14 bits per heavy atom. The Hall–Kier alpha value is -1.80. The number of anilines is 2. The minimum absolute atomic E-state index is 0.249. The van der Waals surface area contributed by atoms with Crippen LogP contribution in [-0.4, -0.2) is 25.7 Å². The van der Waals surface area contributed by atoms with Crippen LogP contribution in [0.15, 0.2) is 46.5 Å². The van der Waals surface area contributed by atoms with Crippen molar-refractivity contribution in [1.29, 1.82) is 0 Å². The van der Waals surface area contributed by atoms with E-state index in [4.69, 9.17) is 5.73 Å². The molecule has 0 unspecified atom stereocenters. The Balaban J connectivity index is 2.14. The minimum Gasteiger partial charge on any atom is -0.399 e. The molecule has 0 saturated heterocycles. The van der Waals surface area contributed by atoms with Crippen LogP contribution < -0.4 is 10.0 Å². The fourth-order valence-corrected chi connectivity index (χ4v) is 4.73. The van der Waals surface area contributed by atoms with E-state index in [0.717, 1.165) is 11.0 Å². The SMILES string of the molecule is Nc1ccc2c(c1)N(S(=O)(=O)c1ncccc1F)CCS2. The summed E-state index contributed by atoms with van der Waals surface area (Å²) in [5.74, 6) is -0.272. The average Bonchev–Trinajstić information content (AvgIpc) is 2.46. The Labute approximate surface area is 126 Å². The summed E-state index contributed by atoms with van der Waals surface area (Å²) in [7, 11) is -4.04. The largest absolute Gasteiger partial charge is 0.399 e. The smallest absolute Gasteiger partial charge is 0.284 e. The lowest BCUT2D eigenvalue weighted by atomic mass is 10.3. The van der Waals surface area contributed by atoms with Gasteiger partial charge in [-0.2, -0.15) is 8.42 Å². The summed E-state index contributed by atoms with van der Waals surface area (Å²) in [6, 6.07) is 7.50. The predicted molar refractivity (Wildman–Crippen MR) is 80.3 cm³/mol. The van der Waals surface area contributed by atoms with Crippen molar-refractivity contribution in [3.63, 3.8) is 0 Å². The molecule has 0 aliphatic carbocycles. The number of hydrogen-bond acceptors (Lipinski definition) is 5. The van der Waals surface area contributed by atoms with Gasteiger partial charge in [-0.25, -0.2) is 9.37 Å². The number of rotatable bonds is 2. The van der Waals surface area contributed by atoms with Gasteiger partial charge < -0.3 is 5.73 Å². The summed E-state index contributed by atoms with van der Waals surface area (Å²) in [6.07, 6.45) is 1.26. The highest BCUT2D eigenvalue weighted by Gasteiger charge is 2.32. The average molecular weight is 325 g/mol. The first-order valence-corrected chi connectivity index (χ1v) is 8.58. The number of nitrogens with zero attached hydrogens (tertiary/aromatic N) is 2. The molecule has 2 heterocycles. The first kappa shape index (κ1) is 14.2. The molecule has 0 radical (unpaired) electrons. The number of pyridine rings is 1. The van der Waals surface area contributed by atoms with E-state index >= 15 is 0 Å². The van der Waals surface area contributed by atoms with E-state index < -0.39 is 20.9 Å². The normalized spacial score (nSPS) is 14.8. The highest BCUT2D eigenvalue weighted by atomic mass is 32.2. The van der Waals surface area contributed by atoms with Crippen molar-refractivity contribution >= 4 is 33.2 Å². The number of benzene rings is 1. The highest BCUT2D eigenvalue weighted by molar-refractivity contribution is 8.00. The summed E-state index contributed by atoms with van der Waals surface area (Å²) in [4.78, 5) is 4.48. The maximum atomic E-state index is 13.8. The fourth-order valence-electron chi connectivity index (χ4n) is 2.13. The van der Waals surface area contributed by atoms with Crippen molar-refractivity contribution in [2.24, 2.45) is 0 Å². The number of hydrogen-bond donors (Lipinski definition) is 1. The molecule has 1 aromatic heterocycles. The Kier molecular flexibility index (Phi) is 3.50. The summed E-state index contributed by atoms with van der Waals surface area (Å²) in [5, 5.41) is -0.565. The van der Waals surface area contributed by atoms with Crippen molar-refractivity contribution in [1.82, 2.24) is 4.98 Å². The molecule has 2 N–H and O–H groups in total. The number of nitrogen functional groups attached to an aromatic ring is 1. The third-order valence-electron chi connectivity index (χ3n) is 3.06. The van der Waals surface area contributed by atoms with Gasteiger partial charge >= 0.3 is 0 Å². The van der Waals surface area contributed by atoms with Gasteiger partial charge in [-0.05, 0) is 30.3 Å². The van der Waals surface area contributed by atoms with Crippen LogP contribution in [0.1, 0.15) is 0 Å². The van der Waals surface area contributed by atoms with Crippen molar-refractivity contribution in [2.45, 2.75) is 9.92 Å². The van der Waals surface area contributed by atoms with E-state index in [1.54, 1.807) is 30.0 Å². The lowest BCUT2D eigenvalue weighted by Gasteiger charge is -2.29. The van der Waals surface area contributed by atoms with Gasteiger partial charge in [-0.15, -0.1) is 11.8 Å². The van der Waals surface area contributed by atoms with Gasteiger partial charge in [0.25, 0.3) is 10.0 Å². The summed E-state index contributed by atoms with van der Waals surface area (Å²) >= 11 is 1.54. The lowest BCUT2D eigenvalue weighted by molar-refractivity contribution is 0.551. The molecule has 1 aliphatic heterocycles. The van der Waals surface area contributed by atoms with Gasteiger partial charge in [0.15, 0.2) is 5.82 Å². The molecular formula is C13H12FN3O2S2. The second-order valence-corrected chi connectivity index (χ2v) is 7.36. The summed E-state index contributed by atoms with van der Waals surface area (Å²) < 4.78 is 40.3. The zero-order valence-corrected chi connectivity index (χ0v) is 12.5. The van der Waals surface area contributed by atoms with Crippen molar-refractivity contribution < 1.29 is 12.8 Å². The second kappa shape index (κ2) is 5.19. The van der Waals surface area contributed by atoms with Crippen LogP contribution in [0.4, 0.5) is 15.8 Å². The third kappa shape index (κ3) is 2.44. The molecule has 2 aromatic rings. The van der Waals surface area contributed by atoms with Crippen LogP contribution in [0.2, 0.25) is 0 Å². The first-order chi connectivity index (χ1) is 10.00. The van der Waals surface area contributed by atoms with Crippen molar-refractivity contribution in [3.05, 3.63) is 42.3 Å². The van der Waals surface area contributed by atoms with Gasteiger partial charge in [-0.3, -0.25) is 4.31 Å². The monoisotopic (exact) mass is 325 g/mol. The number of thioether (sulfide) groups is 1. The fraction of sp³-hybridized carbons (Fsp3) is 0.154. The zero-order valence-electron chi connectivity index (χ0n) is 10.9. The van der Waals surface area contributed by atoms with Crippen LogP contribution >= 0.6 is 11.8 Å². The molecule has 1 aromatic carbocycles. The van der Waals surface area contributed by atoms with Gasteiger partial charge in [-0.1, -0.05) is 0 Å². The molecule has 0 amide bonds. The maximum Gasteiger partial charge on any atom is 0.284 e. The molecule has 8 heteroatoms. The second-order valence-electron chi connectivity index (χ2n) is 4.44. The van der Waals surface area contributed by atoms with Crippen LogP contribution in [0, 0.1) is 5.82 Å². The molecule has 0 saturated carbocycles. The van der Waals surface area contributed by atoms with E-state index in [9.17, 15) is 12.8 Å². The number of fused-ring (bicyclic) bond motifs is 1. The maximum absolute atomic E-state index is 13.8. The third-order valence-corrected chi connectivity index (χ3v) is 5.85. The Bertz CT molecular complexity index is 796. The Morgan fingerprint density at radius 3 is 2.90 bits per heavy atom. The van der Waals surface area contributed by atoms with E-state index in [1.165, 1.54) is 16.6 Å². The number of aromatic nitrogens is 1.